The molecule has 0 spiro atoms. The van der Waals surface area contributed by atoms with Crippen molar-refractivity contribution in [1.82, 2.24) is 5.43 Å². The molecule has 0 aliphatic rings. The predicted molar refractivity (Wildman–Crippen MR) is 93.3 cm³/mol. The number of thiophene rings is 1. The normalized spacial score (nSPS) is 11.0. The van der Waals surface area contributed by atoms with Gasteiger partial charge >= 0.3 is 11.8 Å². The predicted octanol–water partition coefficient (Wildman–Crippen LogP) is 1.98. The lowest BCUT2D eigenvalue weighted by Gasteiger charge is -2.05. The number of carbonyl (C=O) groups excluding carboxylic acids is 3. The maximum absolute atomic E-state index is 11.8. The first kappa shape index (κ1) is 17.6. The summed E-state index contributed by atoms with van der Waals surface area (Å²) in [5.41, 5.74) is 8.46. The fourth-order valence-electron chi connectivity index (χ4n) is 1.65. The van der Waals surface area contributed by atoms with Gasteiger partial charge in [0.25, 0.3) is 0 Å². The van der Waals surface area contributed by atoms with Gasteiger partial charge in [0.1, 0.15) is 0 Å². The quantitative estimate of drug-likeness (QED) is 0.438. The molecule has 0 saturated heterocycles. The highest BCUT2D eigenvalue weighted by atomic mass is 35.5. The van der Waals surface area contributed by atoms with Gasteiger partial charge < -0.3 is 11.1 Å². The molecular formula is C15H13ClN4O3S. The highest BCUT2D eigenvalue weighted by Gasteiger charge is 2.14. The van der Waals surface area contributed by atoms with Gasteiger partial charge in [-0.1, -0.05) is 11.6 Å². The largest absolute Gasteiger partial charge is 0.366 e. The molecule has 0 bridgehead atoms. The molecule has 124 valence electrons. The first-order valence-corrected chi connectivity index (χ1v) is 7.87. The van der Waals surface area contributed by atoms with Crippen molar-refractivity contribution < 1.29 is 14.4 Å². The van der Waals surface area contributed by atoms with Gasteiger partial charge in [-0.05, 0) is 43.3 Å². The summed E-state index contributed by atoms with van der Waals surface area (Å²) in [5.74, 6) is -2.39. The van der Waals surface area contributed by atoms with Crippen LogP contribution < -0.4 is 16.5 Å². The lowest BCUT2D eigenvalue weighted by Crippen LogP contribution is -2.32. The first-order chi connectivity index (χ1) is 11.4. The van der Waals surface area contributed by atoms with E-state index in [1.54, 1.807) is 19.1 Å². The molecule has 1 heterocycles. The maximum atomic E-state index is 11.8. The average Bonchev–Trinajstić information content (AvgIpc) is 2.99. The molecule has 0 atom stereocenters. The fourth-order valence-corrected chi connectivity index (χ4v) is 2.64. The highest BCUT2D eigenvalue weighted by molar-refractivity contribution is 7.18. The summed E-state index contributed by atoms with van der Waals surface area (Å²) in [6, 6.07) is 9.29. The van der Waals surface area contributed by atoms with Crippen molar-refractivity contribution in [3.63, 3.8) is 0 Å². The Morgan fingerprint density at radius 1 is 1.08 bits per heavy atom. The molecule has 2 rings (SSSR count). The van der Waals surface area contributed by atoms with Gasteiger partial charge in [-0.2, -0.15) is 5.10 Å². The van der Waals surface area contributed by atoms with E-state index in [0.717, 1.165) is 4.88 Å². The van der Waals surface area contributed by atoms with Crippen molar-refractivity contribution in [2.45, 2.75) is 6.92 Å². The van der Waals surface area contributed by atoms with E-state index in [-0.39, 0.29) is 0 Å². The Hall–Kier alpha value is -2.71. The number of hydrogen-bond donors (Lipinski definition) is 3. The van der Waals surface area contributed by atoms with Gasteiger partial charge in [0.15, 0.2) is 0 Å². The first-order valence-electron chi connectivity index (χ1n) is 6.68. The van der Waals surface area contributed by atoms with Crippen LogP contribution >= 0.6 is 22.9 Å². The van der Waals surface area contributed by atoms with Crippen molar-refractivity contribution in [2.75, 3.05) is 5.32 Å². The highest BCUT2D eigenvalue weighted by Crippen LogP contribution is 2.21. The molecule has 24 heavy (non-hydrogen) atoms. The van der Waals surface area contributed by atoms with Crippen LogP contribution in [0.4, 0.5) is 5.69 Å². The number of nitrogens with two attached hydrogens (primary N) is 1. The molecule has 0 aliphatic heterocycles. The van der Waals surface area contributed by atoms with E-state index in [0.29, 0.717) is 21.3 Å². The Morgan fingerprint density at radius 3 is 2.29 bits per heavy atom. The molecule has 3 amide bonds. The number of rotatable bonds is 4. The molecule has 0 radical (unpaired) electrons. The number of benzene rings is 1. The molecule has 0 fully saturated rings. The zero-order valence-corrected chi connectivity index (χ0v) is 14.1. The third-order valence-corrected chi connectivity index (χ3v) is 4.23. The second-order valence-electron chi connectivity index (χ2n) is 4.64. The standard InChI is InChI=1S/C15H13ClN4O3S/c1-8(11-6-7-12(16)24-11)19-20-15(23)14(22)18-10-4-2-9(3-5-10)13(17)21/h2-7H,1H3,(H2,17,21)(H,18,22)(H,20,23)/b19-8+. The van der Waals surface area contributed by atoms with Gasteiger partial charge in [0.05, 0.1) is 14.9 Å². The van der Waals surface area contributed by atoms with Gasteiger partial charge in [0, 0.05) is 11.3 Å². The second-order valence-corrected chi connectivity index (χ2v) is 6.35. The average molecular weight is 365 g/mol. The number of hydrogen-bond acceptors (Lipinski definition) is 5. The summed E-state index contributed by atoms with van der Waals surface area (Å²) in [7, 11) is 0. The van der Waals surface area contributed by atoms with Crippen molar-refractivity contribution in [3.8, 4) is 0 Å². The summed E-state index contributed by atoms with van der Waals surface area (Å²) < 4.78 is 0.600. The third kappa shape index (κ3) is 4.64. The molecule has 0 unspecified atom stereocenters. The molecule has 7 nitrogen and oxygen atoms in total. The zero-order chi connectivity index (χ0) is 17.7. The van der Waals surface area contributed by atoms with E-state index < -0.39 is 17.7 Å². The molecular weight excluding hydrogens is 352 g/mol. The number of hydrazone groups is 1. The van der Waals surface area contributed by atoms with Crippen LogP contribution in [0.2, 0.25) is 4.34 Å². The van der Waals surface area contributed by atoms with E-state index in [1.165, 1.54) is 35.6 Å². The van der Waals surface area contributed by atoms with Crippen LogP contribution in [0.15, 0.2) is 41.5 Å². The van der Waals surface area contributed by atoms with Gasteiger partial charge in [-0.15, -0.1) is 11.3 Å². The third-order valence-electron chi connectivity index (χ3n) is 2.89. The molecule has 4 N–H and O–H groups in total. The number of nitrogens with one attached hydrogen (secondary N) is 2. The maximum Gasteiger partial charge on any atom is 0.329 e. The van der Waals surface area contributed by atoms with Crippen LogP contribution in [0.3, 0.4) is 0 Å². The van der Waals surface area contributed by atoms with Crippen LogP contribution in [0.25, 0.3) is 0 Å². The summed E-state index contributed by atoms with van der Waals surface area (Å²) >= 11 is 7.13. The number of nitrogens with zero attached hydrogens (tertiary/aromatic N) is 1. The molecule has 0 saturated carbocycles. The molecule has 1 aromatic heterocycles. The molecule has 2 aromatic rings. The lowest BCUT2D eigenvalue weighted by atomic mass is 10.2. The Bertz CT molecular complexity index is 814. The minimum Gasteiger partial charge on any atom is -0.366 e. The SMILES string of the molecule is C/C(=N\NC(=O)C(=O)Nc1ccc(C(N)=O)cc1)c1ccc(Cl)s1. The Kier molecular flexibility index (Phi) is 5.67. The van der Waals surface area contributed by atoms with Gasteiger partial charge in [-0.3, -0.25) is 14.4 Å². The van der Waals surface area contributed by atoms with Crippen LogP contribution in [0.1, 0.15) is 22.2 Å². The van der Waals surface area contributed by atoms with Gasteiger partial charge in [0.2, 0.25) is 5.91 Å². The van der Waals surface area contributed by atoms with Crippen LogP contribution in [-0.4, -0.2) is 23.4 Å². The van der Waals surface area contributed by atoms with E-state index >= 15 is 0 Å². The van der Waals surface area contributed by atoms with E-state index in [9.17, 15) is 14.4 Å². The van der Waals surface area contributed by atoms with Crippen LogP contribution in [0, 0.1) is 0 Å². The van der Waals surface area contributed by atoms with Crippen molar-refractivity contribution in [3.05, 3.63) is 51.2 Å². The lowest BCUT2D eigenvalue weighted by molar-refractivity contribution is -0.136. The Balaban J connectivity index is 1.94. The number of anilines is 1. The smallest absolute Gasteiger partial charge is 0.329 e. The minimum atomic E-state index is -0.920. The Morgan fingerprint density at radius 2 is 1.75 bits per heavy atom. The monoisotopic (exact) mass is 364 g/mol. The molecule has 1 aromatic carbocycles. The number of primary amides is 1. The number of amides is 3. The molecule has 0 aliphatic carbocycles. The van der Waals surface area contributed by atoms with Crippen molar-refractivity contribution in [2.24, 2.45) is 10.8 Å². The summed E-state index contributed by atoms with van der Waals surface area (Å²) in [4.78, 5) is 35.3. The van der Waals surface area contributed by atoms with Gasteiger partial charge in [-0.25, -0.2) is 5.43 Å². The fraction of sp³-hybridized carbons (Fsp3) is 0.0667. The second kappa shape index (κ2) is 7.71. The Labute approximate surface area is 146 Å². The van der Waals surface area contributed by atoms with E-state index in [1.807, 2.05) is 0 Å². The van der Waals surface area contributed by atoms with Crippen molar-refractivity contribution >= 4 is 52.1 Å². The summed E-state index contributed by atoms with van der Waals surface area (Å²) in [5, 5.41) is 6.24. The van der Waals surface area contributed by atoms with E-state index in [4.69, 9.17) is 17.3 Å². The van der Waals surface area contributed by atoms with Crippen LogP contribution in [-0.2, 0) is 9.59 Å². The minimum absolute atomic E-state index is 0.298. The number of halogens is 1. The molecule has 9 heteroatoms. The van der Waals surface area contributed by atoms with Crippen molar-refractivity contribution in [1.29, 1.82) is 0 Å². The summed E-state index contributed by atoms with van der Waals surface area (Å²) in [6.45, 7) is 1.68. The van der Waals surface area contributed by atoms with E-state index in [2.05, 4.69) is 15.8 Å². The topological polar surface area (TPSA) is 114 Å². The zero-order valence-electron chi connectivity index (χ0n) is 12.5. The summed E-state index contributed by atoms with van der Waals surface area (Å²) in [6.07, 6.45) is 0. The number of carbonyl (C=O) groups is 3. The van der Waals surface area contributed by atoms with Crippen LogP contribution in [0.5, 0.6) is 0 Å².